The standard InChI is InChI=1S/C32H32FN7O4/c1-32(19-44-30-25(33)6-4-10-35-30)9-5-11-40(32)26-13-27-23(12-20(26)14-34)29(41)24(31(42)43)18-39(27)21-7-8-28(36-15-21)38-16-22(17-38)37(2)3/h4,6-8,10,12-13,15,18,22H,5,9,11,16-17,19H2,1-3H3,(H,42,43)/t32-/m1/s1. The molecule has 4 aromatic rings. The average molecular weight is 598 g/mol. The van der Waals surface area contributed by atoms with Crippen LogP contribution in [0, 0.1) is 17.1 Å². The zero-order chi connectivity index (χ0) is 31.2. The van der Waals surface area contributed by atoms with Gasteiger partial charge < -0.3 is 29.1 Å². The van der Waals surface area contributed by atoms with Crippen molar-refractivity contribution in [3.05, 3.63) is 82.2 Å². The lowest BCUT2D eigenvalue weighted by molar-refractivity contribution is 0.0695. The number of aromatic nitrogens is 3. The van der Waals surface area contributed by atoms with E-state index in [4.69, 9.17) is 4.74 Å². The second kappa shape index (κ2) is 11.2. The maximum absolute atomic E-state index is 14.2. The van der Waals surface area contributed by atoms with E-state index < -0.39 is 28.3 Å². The van der Waals surface area contributed by atoms with Gasteiger partial charge in [-0.1, -0.05) is 0 Å². The van der Waals surface area contributed by atoms with Gasteiger partial charge in [-0.25, -0.2) is 19.2 Å². The highest BCUT2D eigenvalue weighted by Gasteiger charge is 2.39. The fourth-order valence-corrected chi connectivity index (χ4v) is 6.00. The van der Waals surface area contributed by atoms with E-state index in [1.807, 2.05) is 38.1 Å². The van der Waals surface area contributed by atoms with Gasteiger partial charge in [-0.05, 0) is 70.3 Å². The molecule has 3 aromatic heterocycles. The van der Waals surface area contributed by atoms with E-state index in [0.29, 0.717) is 35.9 Å². The zero-order valence-corrected chi connectivity index (χ0v) is 24.7. The summed E-state index contributed by atoms with van der Waals surface area (Å²) in [5.41, 5.74) is 0.103. The van der Waals surface area contributed by atoms with Crippen LogP contribution in [0.4, 0.5) is 15.9 Å². The Bertz CT molecular complexity index is 1850. The molecular formula is C32H32FN7O4. The molecule has 0 aliphatic carbocycles. The van der Waals surface area contributed by atoms with Gasteiger partial charge in [0.2, 0.25) is 11.3 Å². The molecule has 2 saturated heterocycles. The number of pyridine rings is 3. The normalized spacial score (nSPS) is 18.5. The Morgan fingerprint density at radius 1 is 1.25 bits per heavy atom. The second-order valence-corrected chi connectivity index (χ2v) is 11.8. The highest BCUT2D eigenvalue weighted by atomic mass is 19.1. The lowest BCUT2D eigenvalue weighted by Gasteiger charge is -2.43. The number of nitriles is 1. The zero-order valence-electron chi connectivity index (χ0n) is 24.7. The predicted octanol–water partition coefficient (Wildman–Crippen LogP) is 3.68. The number of nitrogens with zero attached hydrogens (tertiary/aromatic N) is 7. The Morgan fingerprint density at radius 3 is 2.70 bits per heavy atom. The van der Waals surface area contributed by atoms with Crippen LogP contribution in [0.15, 0.2) is 59.8 Å². The largest absolute Gasteiger partial charge is 0.477 e. The van der Waals surface area contributed by atoms with Crippen LogP contribution in [0.5, 0.6) is 5.88 Å². The molecule has 0 bridgehead atoms. The third-order valence-corrected chi connectivity index (χ3v) is 8.68. The second-order valence-electron chi connectivity index (χ2n) is 11.8. The minimum Gasteiger partial charge on any atom is -0.477 e. The van der Waals surface area contributed by atoms with E-state index >= 15 is 0 Å². The number of carboxylic acid groups (broad SMARTS) is 1. The van der Waals surface area contributed by atoms with Crippen molar-refractivity contribution in [2.24, 2.45) is 0 Å². The Morgan fingerprint density at radius 2 is 2.05 bits per heavy atom. The number of likely N-dealkylation sites (N-methyl/N-ethyl adjacent to an activating group) is 1. The van der Waals surface area contributed by atoms with Crippen LogP contribution in [0.3, 0.4) is 0 Å². The summed E-state index contributed by atoms with van der Waals surface area (Å²) in [4.78, 5) is 40.4. The molecule has 0 unspecified atom stereocenters. The maximum Gasteiger partial charge on any atom is 0.341 e. The van der Waals surface area contributed by atoms with Crippen molar-refractivity contribution in [1.29, 1.82) is 5.26 Å². The van der Waals surface area contributed by atoms with E-state index in [1.54, 1.807) is 16.8 Å². The molecule has 0 spiro atoms. The number of aromatic carboxylic acids is 1. The summed E-state index contributed by atoms with van der Waals surface area (Å²) in [6.45, 7) is 4.41. The van der Waals surface area contributed by atoms with Crippen molar-refractivity contribution in [3.63, 3.8) is 0 Å². The fraction of sp³-hybridized carbons (Fsp3) is 0.344. The van der Waals surface area contributed by atoms with Gasteiger partial charge in [0.25, 0.3) is 0 Å². The number of halogens is 1. The molecule has 0 saturated carbocycles. The SMILES string of the molecule is CN(C)C1CN(c2ccc(-n3cc(C(=O)O)c(=O)c4cc(C#N)c(N5CCC[C@]5(C)COc5ncccc5F)cc43)cn2)C1. The van der Waals surface area contributed by atoms with E-state index in [-0.39, 0.29) is 23.4 Å². The van der Waals surface area contributed by atoms with Gasteiger partial charge >= 0.3 is 5.97 Å². The molecule has 1 atom stereocenters. The molecule has 226 valence electrons. The Balaban J connectivity index is 1.42. The third kappa shape index (κ3) is 5.09. The van der Waals surface area contributed by atoms with Crippen molar-refractivity contribution < 1.29 is 19.0 Å². The first-order valence-corrected chi connectivity index (χ1v) is 14.4. The molecule has 2 aliphatic rings. The van der Waals surface area contributed by atoms with Gasteiger partial charge in [-0.3, -0.25) is 4.79 Å². The summed E-state index contributed by atoms with van der Waals surface area (Å²) >= 11 is 0. The van der Waals surface area contributed by atoms with Gasteiger partial charge in [-0.15, -0.1) is 0 Å². The van der Waals surface area contributed by atoms with Crippen LogP contribution in [0.25, 0.3) is 16.6 Å². The number of fused-ring (bicyclic) bond motifs is 1. The van der Waals surface area contributed by atoms with Crippen molar-refractivity contribution >= 4 is 28.4 Å². The van der Waals surface area contributed by atoms with Crippen molar-refractivity contribution in [2.75, 3.05) is 50.1 Å². The first-order valence-electron chi connectivity index (χ1n) is 14.4. The molecule has 5 heterocycles. The number of carbonyl (C=O) groups is 1. The summed E-state index contributed by atoms with van der Waals surface area (Å²) in [6, 6.07) is 12.3. The number of anilines is 2. The molecule has 1 aromatic carbocycles. The molecule has 6 rings (SSSR count). The number of carboxylic acids is 1. The average Bonchev–Trinajstić information content (AvgIpc) is 3.37. The van der Waals surface area contributed by atoms with Crippen molar-refractivity contribution in [1.82, 2.24) is 19.4 Å². The molecule has 2 aliphatic heterocycles. The molecular weight excluding hydrogens is 565 g/mol. The van der Waals surface area contributed by atoms with E-state index in [2.05, 4.69) is 25.8 Å². The van der Waals surface area contributed by atoms with Crippen molar-refractivity contribution in [2.45, 2.75) is 31.3 Å². The van der Waals surface area contributed by atoms with E-state index in [1.165, 1.54) is 30.6 Å². The number of hydrogen-bond acceptors (Lipinski definition) is 9. The quantitative estimate of drug-likeness (QED) is 0.321. The van der Waals surface area contributed by atoms with Gasteiger partial charge in [-0.2, -0.15) is 5.26 Å². The minimum atomic E-state index is -1.36. The number of hydrogen-bond donors (Lipinski definition) is 1. The summed E-state index contributed by atoms with van der Waals surface area (Å²) in [5, 5.41) is 20.1. The third-order valence-electron chi connectivity index (χ3n) is 8.68. The highest BCUT2D eigenvalue weighted by Crippen LogP contribution is 2.38. The topological polar surface area (TPSA) is 128 Å². The molecule has 0 radical (unpaired) electrons. The van der Waals surface area contributed by atoms with Crippen molar-refractivity contribution in [3.8, 4) is 17.6 Å². The van der Waals surface area contributed by atoms with Gasteiger partial charge in [0.05, 0.1) is 34.2 Å². The van der Waals surface area contributed by atoms with Crippen LogP contribution < -0.4 is 20.0 Å². The summed E-state index contributed by atoms with van der Waals surface area (Å²) < 4.78 is 21.7. The Labute approximate surface area is 253 Å². The summed E-state index contributed by atoms with van der Waals surface area (Å²) in [6.07, 6.45) is 5.93. The lowest BCUT2D eigenvalue weighted by Crippen LogP contribution is -2.57. The minimum absolute atomic E-state index is 0.0963. The summed E-state index contributed by atoms with van der Waals surface area (Å²) in [7, 11) is 4.09. The first kappa shape index (κ1) is 29.1. The molecule has 0 amide bonds. The molecule has 1 N–H and O–H groups in total. The molecule has 2 fully saturated rings. The number of ether oxygens (including phenoxy) is 1. The Kier molecular flexibility index (Phi) is 7.43. The van der Waals surface area contributed by atoms with Crippen LogP contribution in [-0.2, 0) is 0 Å². The number of benzene rings is 1. The van der Waals surface area contributed by atoms with E-state index in [9.17, 15) is 24.3 Å². The van der Waals surface area contributed by atoms with Gasteiger partial charge in [0.1, 0.15) is 24.1 Å². The molecule has 44 heavy (non-hydrogen) atoms. The highest BCUT2D eigenvalue weighted by molar-refractivity contribution is 5.95. The van der Waals surface area contributed by atoms with Crippen LogP contribution in [0.2, 0.25) is 0 Å². The van der Waals surface area contributed by atoms with Gasteiger partial charge in [0.15, 0.2) is 5.82 Å². The van der Waals surface area contributed by atoms with Crippen LogP contribution in [0.1, 0.15) is 35.7 Å². The first-order chi connectivity index (χ1) is 21.1. The van der Waals surface area contributed by atoms with Crippen LogP contribution >= 0.6 is 0 Å². The number of rotatable bonds is 8. The molecule has 11 nitrogen and oxygen atoms in total. The summed E-state index contributed by atoms with van der Waals surface area (Å²) in [5.74, 6) is -1.21. The Hall–Kier alpha value is -5.02. The van der Waals surface area contributed by atoms with Crippen LogP contribution in [-0.4, -0.2) is 82.4 Å². The smallest absolute Gasteiger partial charge is 0.341 e. The van der Waals surface area contributed by atoms with E-state index in [0.717, 1.165) is 25.3 Å². The fourth-order valence-electron chi connectivity index (χ4n) is 6.00. The van der Waals surface area contributed by atoms with Gasteiger partial charge in [0, 0.05) is 43.5 Å². The predicted molar refractivity (Wildman–Crippen MR) is 163 cm³/mol. The monoisotopic (exact) mass is 597 g/mol. The maximum atomic E-state index is 14.2. The molecule has 12 heteroatoms. The lowest BCUT2D eigenvalue weighted by atomic mass is 9.97.